The number of ether oxygens (including phenoxy) is 1. The third-order valence-corrected chi connectivity index (χ3v) is 10.7. The highest BCUT2D eigenvalue weighted by Gasteiger charge is 2.57. The Morgan fingerprint density at radius 1 is 0.629 bits per heavy atom. The minimum absolute atomic E-state index is 0.184. The molecule has 3 aliphatic rings. The van der Waals surface area contributed by atoms with Crippen molar-refractivity contribution in [1.29, 1.82) is 0 Å². The zero-order chi connectivity index (χ0) is 24.8. The molecule has 0 N–H and O–H groups in total. The second-order valence-corrected chi connectivity index (χ2v) is 12.9. The first-order valence-corrected chi connectivity index (χ1v) is 16.3. The summed E-state index contributed by atoms with van der Waals surface area (Å²) in [6.45, 7) is 5.22. The van der Waals surface area contributed by atoms with Gasteiger partial charge < -0.3 is 4.74 Å². The second kappa shape index (κ2) is 15.7. The molecule has 0 heterocycles. The first kappa shape index (κ1) is 29.0. The average Bonchev–Trinajstić information content (AvgIpc) is 2.91. The number of hydrogen-bond acceptors (Lipinski definition) is 2. The van der Waals surface area contributed by atoms with Gasteiger partial charge in [0, 0.05) is 0 Å². The molecule has 3 fully saturated rings. The maximum atomic E-state index is 14.0. The predicted molar refractivity (Wildman–Crippen MR) is 150 cm³/mol. The van der Waals surface area contributed by atoms with E-state index in [0.29, 0.717) is 6.61 Å². The van der Waals surface area contributed by atoms with E-state index >= 15 is 0 Å². The fourth-order valence-corrected chi connectivity index (χ4v) is 8.42. The van der Waals surface area contributed by atoms with Crippen LogP contribution >= 0.6 is 0 Å². The summed E-state index contributed by atoms with van der Waals surface area (Å²) in [4.78, 5) is 14.0. The van der Waals surface area contributed by atoms with Crippen LogP contribution in [0.2, 0.25) is 0 Å². The number of hydrogen-bond donors (Lipinski definition) is 0. The molecule has 35 heavy (non-hydrogen) atoms. The van der Waals surface area contributed by atoms with E-state index in [0.717, 1.165) is 31.1 Å². The number of carbonyl (C=O) groups is 1. The van der Waals surface area contributed by atoms with Crippen LogP contribution in [-0.2, 0) is 9.53 Å². The second-order valence-electron chi connectivity index (χ2n) is 12.9. The van der Waals surface area contributed by atoms with Crippen molar-refractivity contribution in [2.45, 2.75) is 174 Å². The number of rotatable bonds is 15. The van der Waals surface area contributed by atoms with Crippen LogP contribution < -0.4 is 0 Å². The van der Waals surface area contributed by atoms with E-state index in [2.05, 4.69) is 13.8 Å². The molecule has 0 saturated heterocycles. The van der Waals surface area contributed by atoms with Crippen molar-refractivity contribution in [1.82, 2.24) is 0 Å². The topological polar surface area (TPSA) is 26.3 Å². The Bertz CT molecular complexity index is 562. The smallest absolute Gasteiger partial charge is 0.312 e. The molecular weight excluding hydrogens is 428 g/mol. The molecule has 0 aliphatic heterocycles. The maximum absolute atomic E-state index is 14.0. The van der Waals surface area contributed by atoms with E-state index in [1.807, 2.05) is 0 Å². The van der Waals surface area contributed by atoms with E-state index in [1.165, 1.54) is 141 Å². The van der Waals surface area contributed by atoms with Crippen LogP contribution in [0.4, 0.5) is 0 Å². The van der Waals surface area contributed by atoms with Crippen molar-refractivity contribution >= 4 is 5.97 Å². The molecule has 0 amide bonds. The first-order valence-electron chi connectivity index (χ1n) is 16.3. The van der Waals surface area contributed by atoms with Gasteiger partial charge in [-0.15, -0.1) is 0 Å². The van der Waals surface area contributed by atoms with Crippen LogP contribution in [0.25, 0.3) is 0 Å². The van der Waals surface area contributed by atoms with Crippen LogP contribution in [0, 0.1) is 22.7 Å². The Labute approximate surface area is 219 Å². The molecule has 3 saturated carbocycles. The molecule has 0 aromatic heterocycles. The standard InChI is InChI=1S/C33H60O2/c1-3-5-7-9-15-23-32(26-21-30(22-27-32)29-19-13-11-14-20-29)33(24-16-12-17-25-33)31(34)35-28-18-10-8-6-4-2/h29-30H,3-28H2,1-2H3/t30-,32+. The Balaban J connectivity index is 1.69. The molecule has 0 aromatic carbocycles. The Hall–Kier alpha value is -0.530. The van der Waals surface area contributed by atoms with E-state index in [4.69, 9.17) is 4.74 Å². The minimum Gasteiger partial charge on any atom is -0.465 e. The molecule has 0 unspecified atom stereocenters. The van der Waals surface area contributed by atoms with Gasteiger partial charge in [-0.05, 0) is 68.6 Å². The normalized spacial score (nSPS) is 27.5. The third kappa shape index (κ3) is 7.98. The molecule has 204 valence electrons. The maximum Gasteiger partial charge on any atom is 0.312 e. The molecule has 3 aliphatic carbocycles. The summed E-state index contributed by atoms with van der Waals surface area (Å²) in [6, 6.07) is 0. The van der Waals surface area contributed by atoms with Crippen LogP contribution in [0.1, 0.15) is 174 Å². The summed E-state index contributed by atoms with van der Waals surface area (Å²) in [7, 11) is 0. The van der Waals surface area contributed by atoms with E-state index < -0.39 is 0 Å². The molecule has 0 atom stereocenters. The monoisotopic (exact) mass is 488 g/mol. The highest BCUT2D eigenvalue weighted by atomic mass is 16.5. The van der Waals surface area contributed by atoms with Gasteiger partial charge in [0.05, 0.1) is 12.0 Å². The minimum atomic E-state index is -0.184. The number of unbranched alkanes of at least 4 members (excludes halogenated alkanes) is 8. The van der Waals surface area contributed by atoms with Gasteiger partial charge in [-0.1, -0.05) is 123 Å². The average molecular weight is 489 g/mol. The van der Waals surface area contributed by atoms with Crippen LogP contribution in [0.5, 0.6) is 0 Å². The molecule has 0 aromatic rings. The van der Waals surface area contributed by atoms with E-state index in [-0.39, 0.29) is 16.8 Å². The molecular formula is C33H60O2. The molecule has 3 rings (SSSR count). The molecule has 0 spiro atoms. The van der Waals surface area contributed by atoms with Crippen molar-refractivity contribution in [3.05, 3.63) is 0 Å². The van der Waals surface area contributed by atoms with Crippen LogP contribution in [0.15, 0.2) is 0 Å². The van der Waals surface area contributed by atoms with Gasteiger partial charge in [-0.3, -0.25) is 4.79 Å². The van der Waals surface area contributed by atoms with Crippen molar-refractivity contribution in [3.8, 4) is 0 Å². The van der Waals surface area contributed by atoms with Crippen LogP contribution in [-0.4, -0.2) is 12.6 Å². The van der Waals surface area contributed by atoms with Crippen molar-refractivity contribution in [2.75, 3.05) is 6.61 Å². The SMILES string of the molecule is CCCCCCCOC(=O)C1([C@]2(CCCCCCC)CC[C@H](C3CCCCC3)CC2)CCCCC1. The summed E-state index contributed by atoms with van der Waals surface area (Å²) in [5.41, 5.74) is 0.0288. The molecule has 0 bridgehead atoms. The van der Waals surface area contributed by atoms with Gasteiger partial charge in [0.1, 0.15) is 0 Å². The number of esters is 1. The van der Waals surface area contributed by atoms with Crippen molar-refractivity contribution in [3.63, 3.8) is 0 Å². The van der Waals surface area contributed by atoms with Crippen LogP contribution in [0.3, 0.4) is 0 Å². The van der Waals surface area contributed by atoms with Gasteiger partial charge in [0.2, 0.25) is 0 Å². The lowest BCUT2D eigenvalue weighted by atomic mass is 9.49. The van der Waals surface area contributed by atoms with Crippen molar-refractivity contribution < 1.29 is 9.53 Å². The van der Waals surface area contributed by atoms with Gasteiger partial charge in [0.25, 0.3) is 0 Å². The predicted octanol–water partition coefficient (Wildman–Crippen LogP) is 10.6. The summed E-state index contributed by atoms with van der Waals surface area (Å²) in [5, 5.41) is 0. The first-order chi connectivity index (χ1) is 17.2. The highest BCUT2D eigenvalue weighted by Crippen LogP contribution is 2.61. The van der Waals surface area contributed by atoms with Gasteiger partial charge in [-0.25, -0.2) is 0 Å². The lowest BCUT2D eigenvalue weighted by molar-refractivity contribution is -0.175. The summed E-state index contributed by atoms with van der Waals surface area (Å²) >= 11 is 0. The number of carbonyl (C=O) groups excluding carboxylic acids is 1. The lowest BCUT2D eigenvalue weighted by Crippen LogP contribution is -2.52. The van der Waals surface area contributed by atoms with E-state index in [9.17, 15) is 4.79 Å². The van der Waals surface area contributed by atoms with Gasteiger partial charge in [-0.2, -0.15) is 0 Å². The Morgan fingerprint density at radius 2 is 1.17 bits per heavy atom. The third-order valence-electron chi connectivity index (χ3n) is 10.7. The fourth-order valence-electron chi connectivity index (χ4n) is 8.42. The Morgan fingerprint density at radius 3 is 1.80 bits per heavy atom. The molecule has 0 radical (unpaired) electrons. The zero-order valence-electron chi connectivity index (χ0n) is 23.9. The van der Waals surface area contributed by atoms with E-state index in [1.54, 1.807) is 0 Å². The summed E-state index contributed by atoms with van der Waals surface area (Å²) in [6.07, 6.45) is 32.8. The lowest BCUT2D eigenvalue weighted by Gasteiger charge is -2.55. The molecule has 2 nitrogen and oxygen atoms in total. The summed E-state index contributed by atoms with van der Waals surface area (Å²) in [5.74, 6) is 2.12. The zero-order valence-corrected chi connectivity index (χ0v) is 23.9. The highest BCUT2D eigenvalue weighted by molar-refractivity contribution is 5.78. The van der Waals surface area contributed by atoms with Crippen molar-refractivity contribution in [2.24, 2.45) is 22.7 Å². The fraction of sp³-hybridized carbons (Fsp3) is 0.970. The quantitative estimate of drug-likeness (QED) is 0.169. The summed E-state index contributed by atoms with van der Waals surface area (Å²) < 4.78 is 6.19. The Kier molecular flexibility index (Phi) is 13.0. The van der Waals surface area contributed by atoms with Gasteiger partial charge >= 0.3 is 5.97 Å². The largest absolute Gasteiger partial charge is 0.465 e. The molecule has 2 heteroatoms. The van der Waals surface area contributed by atoms with Gasteiger partial charge in [0.15, 0.2) is 0 Å².